The van der Waals surface area contributed by atoms with Crippen LogP contribution in [0.4, 0.5) is 4.39 Å². The number of carbonyl (C=O) groups is 2. The Balaban J connectivity index is 1.72. The van der Waals surface area contributed by atoms with Crippen molar-refractivity contribution >= 4 is 11.8 Å². The molecule has 4 fully saturated rings. The van der Waals surface area contributed by atoms with Gasteiger partial charge in [0.25, 0.3) is 0 Å². The van der Waals surface area contributed by atoms with Gasteiger partial charge in [-0.2, -0.15) is 0 Å². The van der Waals surface area contributed by atoms with Crippen LogP contribution < -0.4 is 0 Å². The van der Waals surface area contributed by atoms with E-state index in [0.29, 0.717) is 19.3 Å². The van der Waals surface area contributed by atoms with Crippen LogP contribution in [0.15, 0.2) is 0 Å². The minimum atomic E-state index is -1.56. The second-order valence-corrected chi connectivity index (χ2v) is 10.2. The highest BCUT2D eigenvalue weighted by atomic mass is 19.1. The van der Waals surface area contributed by atoms with Crippen molar-refractivity contribution in [3.63, 3.8) is 0 Å². The molecule has 154 valence electrons. The summed E-state index contributed by atoms with van der Waals surface area (Å²) in [6.07, 6.45) is 8.92. The minimum absolute atomic E-state index is 0.0742. The van der Waals surface area contributed by atoms with Crippen LogP contribution in [0.2, 0.25) is 0 Å². The molecule has 0 spiro atoms. The van der Waals surface area contributed by atoms with Crippen molar-refractivity contribution in [2.75, 3.05) is 0 Å². The zero-order valence-electron chi connectivity index (χ0n) is 17.1. The normalized spacial score (nSPS) is 52.8. The van der Waals surface area contributed by atoms with Crippen LogP contribution in [-0.2, 0) is 14.3 Å². The Bertz CT molecular complexity index is 758. The maximum Gasteiger partial charge on any atom is 0.304 e. The lowest BCUT2D eigenvalue weighted by molar-refractivity contribution is -0.214. The first kappa shape index (κ1) is 19.9. The van der Waals surface area contributed by atoms with Crippen LogP contribution in [0, 0.1) is 40.9 Å². The molecule has 0 aliphatic heterocycles. The van der Waals surface area contributed by atoms with Gasteiger partial charge in [0.1, 0.15) is 11.8 Å². The molecule has 8 atom stereocenters. The fourth-order valence-corrected chi connectivity index (χ4v) is 7.67. The van der Waals surface area contributed by atoms with Gasteiger partial charge < -0.3 is 9.84 Å². The quantitative estimate of drug-likeness (QED) is 0.549. The molecule has 0 saturated heterocycles. The summed E-state index contributed by atoms with van der Waals surface area (Å²) in [5.74, 6) is 2.64. The number of Topliss-reactive ketones (excluding diaryl/α,β-unsaturated/α-hetero) is 1. The predicted molar refractivity (Wildman–Crippen MR) is 102 cm³/mol. The van der Waals surface area contributed by atoms with Crippen molar-refractivity contribution in [3.8, 4) is 12.3 Å². The highest BCUT2D eigenvalue weighted by Gasteiger charge is 2.70. The van der Waals surface area contributed by atoms with Crippen LogP contribution in [0.1, 0.15) is 72.1 Å². The molecule has 0 heterocycles. The van der Waals surface area contributed by atoms with Gasteiger partial charge in [0.05, 0.1) is 0 Å². The fraction of sp³-hybridized carbons (Fsp3) is 0.826. The van der Waals surface area contributed by atoms with Gasteiger partial charge in [-0.15, -0.1) is 6.42 Å². The van der Waals surface area contributed by atoms with Crippen molar-refractivity contribution in [3.05, 3.63) is 0 Å². The molecular formula is C23H31FO4. The third-order valence-corrected chi connectivity index (χ3v) is 9.25. The van der Waals surface area contributed by atoms with Crippen molar-refractivity contribution < 1.29 is 23.8 Å². The standard InChI is InChI=1S/C23H31FO4/c1-5-22(28-14(2)25)11-8-17-16-12-19(26)23(27)13-15(24)6-9-21(23,4)18(16)7-10-20(17,22)3/h1,15-18,27H,6-13H2,2-4H3/t15-,16-,17-,18-,20-,21+,22-,23?/m0/s1. The van der Waals surface area contributed by atoms with Crippen molar-refractivity contribution in [1.29, 1.82) is 0 Å². The number of fused-ring (bicyclic) bond motifs is 5. The lowest BCUT2D eigenvalue weighted by Crippen LogP contribution is -2.67. The molecule has 4 saturated carbocycles. The van der Waals surface area contributed by atoms with Crippen LogP contribution >= 0.6 is 0 Å². The van der Waals surface area contributed by atoms with Gasteiger partial charge in [-0.25, -0.2) is 4.39 Å². The summed E-state index contributed by atoms with van der Waals surface area (Å²) in [5, 5.41) is 11.3. The molecule has 0 aromatic rings. The van der Waals surface area contributed by atoms with E-state index in [9.17, 15) is 19.1 Å². The van der Waals surface area contributed by atoms with E-state index < -0.39 is 22.8 Å². The highest BCUT2D eigenvalue weighted by molar-refractivity contribution is 5.89. The van der Waals surface area contributed by atoms with E-state index in [2.05, 4.69) is 12.8 Å². The van der Waals surface area contributed by atoms with E-state index in [-0.39, 0.29) is 47.8 Å². The summed E-state index contributed by atoms with van der Waals surface area (Å²) in [7, 11) is 0. The molecule has 0 aromatic carbocycles. The zero-order chi connectivity index (χ0) is 20.5. The lowest BCUT2D eigenvalue weighted by atomic mass is 9.42. The summed E-state index contributed by atoms with van der Waals surface area (Å²) in [4.78, 5) is 24.9. The van der Waals surface area contributed by atoms with Gasteiger partial charge in [-0.05, 0) is 56.3 Å². The van der Waals surface area contributed by atoms with Crippen LogP contribution in [-0.4, -0.2) is 34.2 Å². The number of aliphatic hydroxyl groups is 1. The number of halogens is 1. The summed E-state index contributed by atoms with van der Waals surface area (Å²) >= 11 is 0. The van der Waals surface area contributed by atoms with E-state index in [1.165, 1.54) is 6.92 Å². The average molecular weight is 390 g/mol. The van der Waals surface area contributed by atoms with E-state index in [4.69, 9.17) is 11.2 Å². The van der Waals surface area contributed by atoms with Gasteiger partial charge in [-0.1, -0.05) is 19.8 Å². The molecule has 0 radical (unpaired) electrons. The molecule has 1 N–H and O–H groups in total. The van der Waals surface area contributed by atoms with E-state index in [1.54, 1.807) is 0 Å². The molecular weight excluding hydrogens is 359 g/mol. The third-order valence-electron chi connectivity index (χ3n) is 9.25. The first-order valence-corrected chi connectivity index (χ1v) is 10.6. The number of rotatable bonds is 1. The lowest BCUT2D eigenvalue weighted by Gasteiger charge is -2.63. The number of esters is 1. The Morgan fingerprint density at radius 3 is 2.43 bits per heavy atom. The molecule has 5 heteroatoms. The molecule has 4 nitrogen and oxygen atoms in total. The summed E-state index contributed by atoms with van der Waals surface area (Å²) < 4.78 is 19.9. The molecule has 0 amide bonds. The Morgan fingerprint density at radius 1 is 1.18 bits per heavy atom. The number of ether oxygens (including phenoxy) is 1. The van der Waals surface area contributed by atoms with E-state index in [1.807, 2.05) is 6.92 Å². The maximum atomic E-state index is 14.1. The van der Waals surface area contributed by atoms with Gasteiger partial charge in [0.2, 0.25) is 0 Å². The average Bonchev–Trinajstić information content (AvgIpc) is 2.90. The molecule has 1 unspecified atom stereocenters. The Morgan fingerprint density at radius 2 is 1.79 bits per heavy atom. The molecule has 0 bridgehead atoms. The largest absolute Gasteiger partial charge is 0.445 e. The summed E-state index contributed by atoms with van der Waals surface area (Å²) in [5.41, 5.74) is -3.46. The highest BCUT2D eigenvalue weighted by Crippen LogP contribution is 2.69. The Kier molecular flexibility index (Phi) is 4.29. The van der Waals surface area contributed by atoms with Crippen molar-refractivity contribution in [1.82, 2.24) is 0 Å². The van der Waals surface area contributed by atoms with Crippen LogP contribution in [0.25, 0.3) is 0 Å². The number of hydrogen-bond donors (Lipinski definition) is 1. The Labute approximate surface area is 166 Å². The van der Waals surface area contributed by atoms with Crippen LogP contribution in [0.3, 0.4) is 0 Å². The summed E-state index contributed by atoms with van der Waals surface area (Å²) in [6.45, 7) is 5.49. The number of carbonyl (C=O) groups excluding carboxylic acids is 2. The fourth-order valence-electron chi connectivity index (χ4n) is 7.67. The van der Waals surface area contributed by atoms with Gasteiger partial charge in [-0.3, -0.25) is 9.59 Å². The summed E-state index contributed by atoms with van der Waals surface area (Å²) in [6, 6.07) is 0. The van der Waals surface area contributed by atoms with Gasteiger partial charge in [0, 0.05) is 30.6 Å². The third kappa shape index (κ3) is 2.27. The number of ketones is 1. The first-order valence-electron chi connectivity index (χ1n) is 10.6. The van der Waals surface area contributed by atoms with Gasteiger partial charge >= 0.3 is 5.97 Å². The van der Waals surface area contributed by atoms with E-state index in [0.717, 1.165) is 19.3 Å². The van der Waals surface area contributed by atoms with Crippen LogP contribution in [0.5, 0.6) is 0 Å². The van der Waals surface area contributed by atoms with Crippen molar-refractivity contribution in [2.24, 2.45) is 28.6 Å². The second-order valence-electron chi connectivity index (χ2n) is 10.2. The topological polar surface area (TPSA) is 63.6 Å². The SMILES string of the molecule is C#C[C@]1(OC(C)=O)CC[C@H]2[C@@H]3CC(=O)C4(O)C[C@@H](F)CC[C@]4(C)[C@H]3CC[C@@]21C. The maximum absolute atomic E-state index is 14.1. The molecule has 4 rings (SSSR count). The number of alkyl halides is 1. The first-order chi connectivity index (χ1) is 13.0. The monoisotopic (exact) mass is 390 g/mol. The van der Waals surface area contributed by atoms with Crippen molar-refractivity contribution in [2.45, 2.75) is 89.5 Å². The van der Waals surface area contributed by atoms with E-state index >= 15 is 0 Å². The molecule has 4 aliphatic carbocycles. The number of terminal acetylenes is 1. The predicted octanol–water partition coefficient (Wildman–Crippen LogP) is 3.60. The zero-order valence-corrected chi connectivity index (χ0v) is 17.1. The minimum Gasteiger partial charge on any atom is -0.445 e. The molecule has 0 aromatic heterocycles. The number of hydrogen-bond acceptors (Lipinski definition) is 4. The Hall–Kier alpha value is -1.41. The second kappa shape index (κ2) is 6.05. The molecule has 4 aliphatic rings. The van der Waals surface area contributed by atoms with Gasteiger partial charge in [0.15, 0.2) is 11.4 Å². The molecule has 28 heavy (non-hydrogen) atoms. The smallest absolute Gasteiger partial charge is 0.304 e.